The maximum absolute atomic E-state index is 9.35. The molecule has 0 unspecified atom stereocenters. The van der Waals surface area contributed by atoms with E-state index in [-0.39, 0.29) is 0 Å². The van der Waals surface area contributed by atoms with E-state index in [9.17, 15) is 5.11 Å². The Kier molecular flexibility index (Phi) is 1.80. The molecule has 0 heterocycles. The molecule has 0 amide bonds. The summed E-state index contributed by atoms with van der Waals surface area (Å²) in [6, 6.07) is 0. The van der Waals surface area contributed by atoms with Crippen LogP contribution in [0.4, 0.5) is 0 Å². The zero-order valence-electron chi connectivity index (χ0n) is 6.35. The fourth-order valence-electron chi connectivity index (χ4n) is 1.40. The average molecular weight is 128 g/mol. The molecule has 0 bridgehead atoms. The number of hydrogen-bond donors (Lipinski definition) is 1. The van der Waals surface area contributed by atoms with E-state index in [4.69, 9.17) is 0 Å². The van der Waals surface area contributed by atoms with Crippen LogP contribution in [0, 0.1) is 5.92 Å². The second kappa shape index (κ2) is 2.30. The van der Waals surface area contributed by atoms with Gasteiger partial charge in [-0.15, -0.1) is 0 Å². The molecule has 1 fully saturated rings. The molecule has 0 aromatic rings. The molecule has 1 aliphatic carbocycles. The third-order valence-corrected chi connectivity index (χ3v) is 2.01. The van der Waals surface area contributed by atoms with Gasteiger partial charge in [-0.1, -0.05) is 19.3 Å². The van der Waals surface area contributed by atoms with Gasteiger partial charge in [0, 0.05) is 0 Å². The topological polar surface area (TPSA) is 20.2 Å². The minimum absolute atomic E-state index is 0.426. The summed E-state index contributed by atoms with van der Waals surface area (Å²) in [5, 5.41) is 9.35. The third kappa shape index (κ3) is 2.35. The predicted octanol–water partition coefficient (Wildman–Crippen LogP) is 1.95. The van der Waals surface area contributed by atoms with Gasteiger partial charge in [0.2, 0.25) is 0 Å². The van der Waals surface area contributed by atoms with Crippen LogP contribution >= 0.6 is 0 Å². The molecule has 1 nitrogen and oxygen atoms in total. The van der Waals surface area contributed by atoms with Crippen LogP contribution < -0.4 is 0 Å². The molecular weight excluding hydrogens is 112 g/mol. The molecule has 54 valence electrons. The lowest BCUT2D eigenvalue weighted by Gasteiger charge is -2.30. The van der Waals surface area contributed by atoms with E-state index in [0.717, 1.165) is 12.3 Å². The van der Waals surface area contributed by atoms with Crippen molar-refractivity contribution in [2.24, 2.45) is 5.92 Å². The van der Waals surface area contributed by atoms with Gasteiger partial charge in [-0.3, -0.25) is 0 Å². The van der Waals surface area contributed by atoms with Gasteiger partial charge < -0.3 is 5.11 Å². The summed E-state index contributed by atoms with van der Waals surface area (Å²) in [6.07, 6.45) is 5.04. The summed E-state index contributed by atoms with van der Waals surface area (Å²) >= 11 is 0. The lowest BCUT2D eigenvalue weighted by molar-refractivity contribution is 0.0375. The van der Waals surface area contributed by atoms with Crippen LogP contribution in [0.2, 0.25) is 0 Å². The van der Waals surface area contributed by atoms with Crippen LogP contribution in [0.25, 0.3) is 0 Å². The lowest BCUT2D eigenvalue weighted by Crippen LogP contribution is -2.26. The molecule has 0 saturated heterocycles. The monoisotopic (exact) mass is 128 g/mol. The molecule has 0 aromatic carbocycles. The van der Waals surface area contributed by atoms with Crippen LogP contribution in [0.15, 0.2) is 0 Å². The first-order chi connectivity index (χ1) is 4.08. The first-order valence-corrected chi connectivity index (χ1v) is 3.80. The highest BCUT2D eigenvalue weighted by Crippen LogP contribution is 2.33. The summed E-state index contributed by atoms with van der Waals surface area (Å²) in [5.41, 5.74) is -0.426. The SMILES string of the molecule is CC(C)(O)CC1CCC1. The van der Waals surface area contributed by atoms with Gasteiger partial charge >= 0.3 is 0 Å². The van der Waals surface area contributed by atoms with E-state index in [0.29, 0.717) is 0 Å². The van der Waals surface area contributed by atoms with Crippen molar-refractivity contribution >= 4 is 0 Å². The fraction of sp³-hybridized carbons (Fsp3) is 1.00. The lowest BCUT2D eigenvalue weighted by atomic mass is 9.78. The smallest absolute Gasteiger partial charge is 0.0594 e. The Balaban J connectivity index is 2.16. The van der Waals surface area contributed by atoms with Gasteiger partial charge in [-0.2, -0.15) is 0 Å². The zero-order valence-corrected chi connectivity index (χ0v) is 6.35. The van der Waals surface area contributed by atoms with Crippen LogP contribution in [0.3, 0.4) is 0 Å². The Labute approximate surface area is 57.1 Å². The second-order valence-corrected chi connectivity index (χ2v) is 3.81. The summed E-state index contributed by atoms with van der Waals surface area (Å²) in [7, 11) is 0. The first kappa shape index (κ1) is 7.07. The highest BCUT2D eigenvalue weighted by atomic mass is 16.3. The summed E-state index contributed by atoms with van der Waals surface area (Å²) < 4.78 is 0. The Hall–Kier alpha value is -0.0400. The van der Waals surface area contributed by atoms with Gasteiger partial charge in [0.05, 0.1) is 5.60 Å². The van der Waals surface area contributed by atoms with Crippen molar-refractivity contribution in [3.05, 3.63) is 0 Å². The van der Waals surface area contributed by atoms with Gasteiger partial charge in [0.15, 0.2) is 0 Å². The van der Waals surface area contributed by atoms with Crippen molar-refractivity contribution in [1.29, 1.82) is 0 Å². The van der Waals surface area contributed by atoms with Crippen molar-refractivity contribution in [3.8, 4) is 0 Å². The van der Waals surface area contributed by atoms with Crippen molar-refractivity contribution < 1.29 is 5.11 Å². The van der Waals surface area contributed by atoms with Crippen LogP contribution in [-0.2, 0) is 0 Å². The molecule has 1 aliphatic rings. The van der Waals surface area contributed by atoms with E-state index in [1.165, 1.54) is 19.3 Å². The minimum Gasteiger partial charge on any atom is -0.390 e. The van der Waals surface area contributed by atoms with Crippen molar-refractivity contribution in [2.45, 2.75) is 45.1 Å². The molecule has 0 radical (unpaired) electrons. The quantitative estimate of drug-likeness (QED) is 0.602. The maximum Gasteiger partial charge on any atom is 0.0594 e. The van der Waals surface area contributed by atoms with Gasteiger partial charge in [0.1, 0.15) is 0 Å². The van der Waals surface area contributed by atoms with E-state index >= 15 is 0 Å². The van der Waals surface area contributed by atoms with Crippen molar-refractivity contribution in [2.75, 3.05) is 0 Å². The first-order valence-electron chi connectivity index (χ1n) is 3.80. The largest absolute Gasteiger partial charge is 0.390 e. The van der Waals surface area contributed by atoms with Crippen molar-refractivity contribution in [1.82, 2.24) is 0 Å². The number of aliphatic hydroxyl groups is 1. The molecule has 9 heavy (non-hydrogen) atoms. The molecule has 0 atom stereocenters. The third-order valence-electron chi connectivity index (χ3n) is 2.01. The minimum atomic E-state index is -0.426. The Morgan fingerprint density at radius 2 is 2.00 bits per heavy atom. The molecule has 1 saturated carbocycles. The molecule has 0 aliphatic heterocycles. The molecular formula is C8H16O. The molecule has 1 N–H and O–H groups in total. The Morgan fingerprint density at radius 3 is 2.11 bits per heavy atom. The number of hydrogen-bond acceptors (Lipinski definition) is 1. The summed E-state index contributed by atoms with van der Waals surface area (Å²) in [6.45, 7) is 3.79. The molecule has 0 spiro atoms. The van der Waals surface area contributed by atoms with Gasteiger partial charge in [0.25, 0.3) is 0 Å². The van der Waals surface area contributed by atoms with E-state index in [2.05, 4.69) is 0 Å². The Bertz CT molecular complexity index is 87.2. The van der Waals surface area contributed by atoms with Crippen LogP contribution in [-0.4, -0.2) is 10.7 Å². The fourth-order valence-corrected chi connectivity index (χ4v) is 1.40. The molecule has 1 heteroatoms. The van der Waals surface area contributed by atoms with Crippen LogP contribution in [0.5, 0.6) is 0 Å². The molecule has 1 rings (SSSR count). The normalized spacial score (nSPS) is 21.7. The van der Waals surface area contributed by atoms with Crippen LogP contribution in [0.1, 0.15) is 39.5 Å². The zero-order chi connectivity index (χ0) is 6.91. The van der Waals surface area contributed by atoms with E-state index < -0.39 is 5.60 Å². The van der Waals surface area contributed by atoms with E-state index in [1.54, 1.807) is 0 Å². The summed E-state index contributed by atoms with van der Waals surface area (Å²) in [4.78, 5) is 0. The highest BCUT2D eigenvalue weighted by Gasteiger charge is 2.24. The average Bonchev–Trinajstić information content (AvgIpc) is 1.53. The molecule has 0 aromatic heterocycles. The highest BCUT2D eigenvalue weighted by molar-refractivity contribution is 4.77. The Morgan fingerprint density at radius 1 is 1.44 bits per heavy atom. The van der Waals surface area contributed by atoms with Gasteiger partial charge in [-0.25, -0.2) is 0 Å². The number of rotatable bonds is 2. The standard InChI is InChI=1S/C8H16O/c1-8(2,9)6-7-4-3-5-7/h7,9H,3-6H2,1-2H3. The predicted molar refractivity (Wildman–Crippen MR) is 38.3 cm³/mol. The maximum atomic E-state index is 9.35. The second-order valence-electron chi connectivity index (χ2n) is 3.81. The van der Waals surface area contributed by atoms with Gasteiger partial charge in [-0.05, 0) is 26.2 Å². The van der Waals surface area contributed by atoms with Crippen molar-refractivity contribution in [3.63, 3.8) is 0 Å². The van der Waals surface area contributed by atoms with E-state index in [1.807, 2.05) is 13.8 Å². The summed E-state index contributed by atoms with van der Waals surface area (Å²) in [5.74, 6) is 0.824.